The molecule has 0 spiro atoms. The minimum Gasteiger partial charge on any atom is -0.493 e. The molecule has 2 fully saturated rings. The predicted octanol–water partition coefficient (Wildman–Crippen LogP) is 3.77. The Hall–Kier alpha value is -4.08. The number of carbonyl (C=O) groups is 1. The van der Waals surface area contributed by atoms with Crippen molar-refractivity contribution >= 4 is 17.4 Å². The van der Waals surface area contributed by atoms with Crippen molar-refractivity contribution in [3.8, 4) is 28.6 Å². The molecule has 0 atom stereocenters. The number of piperazine rings is 1. The van der Waals surface area contributed by atoms with Gasteiger partial charge in [-0.3, -0.25) is 4.79 Å². The summed E-state index contributed by atoms with van der Waals surface area (Å²) in [5.74, 6) is 2.52. The Morgan fingerprint density at radius 3 is 2.26 bits per heavy atom. The maximum absolute atomic E-state index is 14.4. The predicted molar refractivity (Wildman–Crippen MR) is 143 cm³/mol. The molecule has 0 bridgehead atoms. The van der Waals surface area contributed by atoms with Gasteiger partial charge in [0.05, 0.1) is 27.0 Å². The molecule has 1 saturated carbocycles. The lowest BCUT2D eigenvalue weighted by atomic mass is 10.1. The number of rotatable bonds is 9. The van der Waals surface area contributed by atoms with Gasteiger partial charge in [-0.25, -0.2) is 14.4 Å². The molecule has 10 heteroatoms. The van der Waals surface area contributed by atoms with E-state index in [0.717, 1.165) is 12.8 Å². The van der Waals surface area contributed by atoms with E-state index in [2.05, 4.69) is 15.2 Å². The molecular weight excluding hydrogens is 489 g/mol. The van der Waals surface area contributed by atoms with Gasteiger partial charge in [-0.15, -0.1) is 0 Å². The van der Waals surface area contributed by atoms with E-state index in [1.165, 1.54) is 6.07 Å². The third-order valence-corrected chi connectivity index (χ3v) is 6.96. The van der Waals surface area contributed by atoms with E-state index in [1.807, 2.05) is 11.0 Å². The van der Waals surface area contributed by atoms with Gasteiger partial charge in [0, 0.05) is 44.5 Å². The highest BCUT2D eigenvalue weighted by Gasteiger charge is 2.27. The van der Waals surface area contributed by atoms with Crippen molar-refractivity contribution in [2.24, 2.45) is 5.92 Å². The lowest BCUT2D eigenvalue weighted by Gasteiger charge is -2.37. The van der Waals surface area contributed by atoms with Crippen LogP contribution in [0.3, 0.4) is 0 Å². The Morgan fingerprint density at radius 1 is 1.00 bits per heavy atom. The minimum absolute atomic E-state index is 0.195. The molecule has 2 aromatic carbocycles. The number of nitrogens with zero attached hydrogens (tertiary/aromatic N) is 4. The summed E-state index contributed by atoms with van der Waals surface area (Å²) in [6, 6.07) is 10.3. The Kier molecular flexibility index (Phi) is 7.48. The highest BCUT2D eigenvalue weighted by atomic mass is 19.1. The highest BCUT2D eigenvalue weighted by molar-refractivity contribution is 5.99. The number of aromatic nitrogens is 2. The lowest BCUT2D eigenvalue weighted by Crippen LogP contribution is -2.47. The van der Waals surface area contributed by atoms with Gasteiger partial charge in [0.15, 0.2) is 17.3 Å². The Balaban J connectivity index is 1.47. The summed E-state index contributed by atoms with van der Waals surface area (Å²) in [4.78, 5) is 26.6. The van der Waals surface area contributed by atoms with E-state index in [9.17, 15) is 9.18 Å². The molecule has 1 aliphatic carbocycles. The van der Waals surface area contributed by atoms with E-state index < -0.39 is 0 Å². The van der Waals surface area contributed by atoms with Gasteiger partial charge in [0.25, 0.3) is 5.91 Å². The van der Waals surface area contributed by atoms with E-state index >= 15 is 0 Å². The smallest absolute Gasteiger partial charge is 0.256 e. The molecule has 2 aliphatic rings. The number of carbonyl (C=O) groups excluding carboxylic acids is 1. The third-order valence-electron chi connectivity index (χ3n) is 6.96. The van der Waals surface area contributed by atoms with Crippen LogP contribution in [-0.2, 0) is 0 Å². The van der Waals surface area contributed by atoms with E-state index in [0.29, 0.717) is 84.3 Å². The van der Waals surface area contributed by atoms with Crippen molar-refractivity contribution in [1.82, 2.24) is 15.3 Å². The van der Waals surface area contributed by atoms with Crippen molar-refractivity contribution < 1.29 is 23.4 Å². The fraction of sp³-hybridized carbons (Fsp3) is 0.393. The molecular formula is C28H32FN5O4. The molecule has 0 radical (unpaired) electrons. The Labute approximate surface area is 221 Å². The van der Waals surface area contributed by atoms with Gasteiger partial charge in [0.1, 0.15) is 17.2 Å². The van der Waals surface area contributed by atoms with Crippen molar-refractivity contribution in [1.29, 1.82) is 0 Å². The van der Waals surface area contributed by atoms with Crippen LogP contribution in [0.1, 0.15) is 23.2 Å². The summed E-state index contributed by atoms with van der Waals surface area (Å²) >= 11 is 0. The number of methoxy groups -OCH3 is 3. The highest BCUT2D eigenvalue weighted by Crippen LogP contribution is 2.41. The molecule has 0 unspecified atom stereocenters. The van der Waals surface area contributed by atoms with Crippen molar-refractivity contribution in [3.05, 3.63) is 54.0 Å². The summed E-state index contributed by atoms with van der Waals surface area (Å²) in [5.41, 5.74) is 1.66. The molecule has 38 heavy (non-hydrogen) atoms. The number of anilines is 2. The first-order chi connectivity index (χ1) is 18.5. The van der Waals surface area contributed by atoms with Crippen molar-refractivity contribution in [2.45, 2.75) is 12.8 Å². The largest absolute Gasteiger partial charge is 0.493 e. The number of benzene rings is 2. The normalized spacial score (nSPS) is 15.3. The van der Waals surface area contributed by atoms with Crippen LogP contribution in [0.2, 0.25) is 0 Å². The Morgan fingerprint density at radius 2 is 1.66 bits per heavy atom. The van der Waals surface area contributed by atoms with Gasteiger partial charge >= 0.3 is 0 Å². The molecule has 5 rings (SSSR count). The zero-order valence-corrected chi connectivity index (χ0v) is 21.9. The molecule has 1 N–H and O–H groups in total. The minimum atomic E-state index is -0.243. The average molecular weight is 522 g/mol. The molecule has 3 aromatic rings. The number of halogens is 1. The van der Waals surface area contributed by atoms with Gasteiger partial charge in [-0.05, 0) is 43.0 Å². The van der Waals surface area contributed by atoms with Crippen molar-refractivity contribution in [2.75, 3.05) is 63.9 Å². The summed E-state index contributed by atoms with van der Waals surface area (Å²) in [6.07, 6.45) is 3.86. The van der Waals surface area contributed by atoms with Gasteiger partial charge in [-0.1, -0.05) is 12.1 Å². The Bertz CT molecular complexity index is 1280. The topological polar surface area (TPSA) is 89.1 Å². The molecule has 2 heterocycles. The zero-order chi connectivity index (χ0) is 26.6. The standard InChI is InChI=1S/C28H32FN5O4/c1-36-23-14-19(15-24(37-2)25(23)38-3)26-30-17-20(28(35)31-16-18-8-9-18)27(32-26)34-12-10-33(11-13-34)22-7-5-4-6-21(22)29/h4-7,14-15,17-18H,8-13,16H2,1-3H3,(H,31,35). The maximum Gasteiger partial charge on any atom is 0.256 e. The van der Waals surface area contributed by atoms with E-state index in [4.69, 9.17) is 19.2 Å². The average Bonchev–Trinajstić information content (AvgIpc) is 3.80. The molecule has 1 aromatic heterocycles. The first-order valence-electron chi connectivity index (χ1n) is 12.7. The second-order valence-electron chi connectivity index (χ2n) is 9.42. The van der Waals surface area contributed by atoms with Gasteiger partial charge in [-0.2, -0.15) is 0 Å². The molecule has 1 aliphatic heterocycles. The van der Waals surface area contributed by atoms with Crippen LogP contribution in [0.5, 0.6) is 17.2 Å². The summed E-state index contributed by atoms with van der Waals surface area (Å²) in [7, 11) is 4.65. The van der Waals surface area contributed by atoms with E-state index in [1.54, 1.807) is 51.8 Å². The van der Waals surface area contributed by atoms with Crippen LogP contribution in [-0.4, -0.2) is 69.9 Å². The summed E-state index contributed by atoms with van der Waals surface area (Å²) in [6.45, 7) is 2.97. The van der Waals surface area contributed by atoms with Crippen LogP contribution in [0.15, 0.2) is 42.6 Å². The number of nitrogens with one attached hydrogen (secondary N) is 1. The fourth-order valence-corrected chi connectivity index (χ4v) is 4.64. The SMILES string of the molecule is COc1cc(-c2ncc(C(=O)NCC3CC3)c(N3CCN(c4ccccc4F)CC3)n2)cc(OC)c1OC. The number of hydrogen-bond donors (Lipinski definition) is 1. The first-order valence-corrected chi connectivity index (χ1v) is 12.7. The second-order valence-corrected chi connectivity index (χ2v) is 9.42. The number of hydrogen-bond acceptors (Lipinski definition) is 8. The maximum atomic E-state index is 14.4. The first kappa shape index (κ1) is 25.6. The number of ether oxygens (including phenoxy) is 3. The van der Waals surface area contributed by atoms with Crippen molar-refractivity contribution in [3.63, 3.8) is 0 Å². The summed E-state index contributed by atoms with van der Waals surface area (Å²) in [5, 5.41) is 3.03. The van der Waals surface area contributed by atoms with Crippen LogP contribution >= 0.6 is 0 Å². The zero-order valence-electron chi connectivity index (χ0n) is 21.9. The molecule has 1 saturated heterocycles. The third kappa shape index (κ3) is 5.29. The van der Waals surface area contributed by atoms with Gasteiger partial charge in [0.2, 0.25) is 5.75 Å². The second kappa shape index (κ2) is 11.1. The quantitative estimate of drug-likeness (QED) is 0.455. The van der Waals surface area contributed by atoms with Crippen LogP contribution in [0.25, 0.3) is 11.4 Å². The van der Waals surface area contributed by atoms with E-state index in [-0.39, 0.29) is 11.7 Å². The molecule has 9 nitrogen and oxygen atoms in total. The van der Waals surface area contributed by atoms with Crippen LogP contribution in [0, 0.1) is 11.7 Å². The monoisotopic (exact) mass is 521 g/mol. The van der Waals surface area contributed by atoms with Gasteiger partial charge < -0.3 is 29.3 Å². The molecule has 1 amide bonds. The van der Waals surface area contributed by atoms with Crippen LogP contribution < -0.4 is 29.3 Å². The fourth-order valence-electron chi connectivity index (χ4n) is 4.64. The summed E-state index contributed by atoms with van der Waals surface area (Å²) < 4.78 is 30.8. The lowest BCUT2D eigenvalue weighted by molar-refractivity contribution is 0.0951. The number of amides is 1. The molecule has 200 valence electrons. The van der Waals surface area contributed by atoms with Crippen LogP contribution in [0.4, 0.5) is 15.9 Å². The number of para-hydroxylation sites is 1.